The Morgan fingerprint density at radius 1 is 1.41 bits per heavy atom. The lowest BCUT2D eigenvalue weighted by molar-refractivity contribution is -0.384. The van der Waals surface area contributed by atoms with Gasteiger partial charge in [-0.05, 0) is 33.3 Å². The molecule has 0 bridgehead atoms. The van der Waals surface area contributed by atoms with E-state index >= 15 is 0 Å². The first kappa shape index (κ1) is 20.5. The molecular formula is C17H21ClN4O5. The Bertz CT molecular complexity index is 816. The summed E-state index contributed by atoms with van der Waals surface area (Å²) in [5, 5.41) is 13.9. The molecule has 1 heterocycles. The van der Waals surface area contributed by atoms with Crippen molar-refractivity contribution >= 4 is 23.4 Å². The van der Waals surface area contributed by atoms with Gasteiger partial charge in [0.25, 0.3) is 5.69 Å². The molecule has 0 aliphatic rings. The fourth-order valence-electron chi connectivity index (χ4n) is 2.13. The average molecular weight is 397 g/mol. The van der Waals surface area contributed by atoms with E-state index in [0.717, 1.165) is 0 Å². The van der Waals surface area contributed by atoms with Gasteiger partial charge in [-0.25, -0.2) is 9.78 Å². The zero-order valence-corrected chi connectivity index (χ0v) is 16.0. The second kappa shape index (κ2) is 8.72. The number of nitro groups is 1. The Balaban J connectivity index is 1.97. The first-order valence-corrected chi connectivity index (χ1v) is 8.61. The average Bonchev–Trinajstić information content (AvgIpc) is 2.99. The van der Waals surface area contributed by atoms with Gasteiger partial charge in [-0.2, -0.15) is 0 Å². The molecule has 0 aliphatic heterocycles. The van der Waals surface area contributed by atoms with Crippen molar-refractivity contribution in [2.24, 2.45) is 0 Å². The Morgan fingerprint density at radius 3 is 2.74 bits per heavy atom. The van der Waals surface area contributed by atoms with E-state index in [0.29, 0.717) is 29.6 Å². The minimum absolute atomic E-state index is 0.0909. The molecule has 0 radical (unpaired) electrons. The molecule has 0 aliphatic carbocycles. The zero-order chi connectivity index (χ0) is 20.0. The Morgan fingerprint density at radius 2 is 2.15 bits per heavy atom. The molecule has 27 heavy (non-hydrogen) atoms. The van der Waals surface area contributed by atoms with Gasteiger partial charge in [0.2, 0.25) is 0 Å². The van der Waals surface area contributed by atoms with Crippen LogP contribution in [0.2, 0.25) is 5.15 Å². The van der Waals surface area contributed by atoms with Crippen LogP contribution in [0, 0.1) is 10.1 Å². The van der Waals surface area contributed by atoms with Crippen molar-refractivity contribution < 1.29 is 19.2 Å². The maximum Gasteiger partial charge on any atom is 0.407 e. The normalized spacial score (nSPS) is 11.1. The van der Waals surface area contributed by atoms with Crippen LogP contribution in [0.1, 0.15) is 27.2 Å². The van der Waals surface area contributed by atoms with Crippen molar-refractivity contribution in [3.63, 3.8) is 0 Å². The molecule has 1 N–H and O–H groups in total. The monoisotopic (exact) mass is 396 g/mol. The number of hydrogen-bond acceptors (Lipinski definition) is 6. The van der Waals surface area contributed by atoms with E-state index in [1.54, 1.807) is 37.6 Å². The summed E-state index contributed by atoms with van der Waals surface area (Å²) < 4.78 is 12.4. The lowest BCUT2D eigenvalue weighted by Gasteiger charge is -2.19. The van der Waals surface area contributed by atoms with E-state index in [2.05, 4.69) is 10.3 Å². The largest absolute Gasteiger partial charge is 0.491 e. The van der Waals surface area contributed by atoms with Crippen LogP contribution < -0.4 is 10.1 Å². The van der Waals surface area contributed by atoms with Crippen molar-refractivity contribution in [2.45, 2.75) is 32.8 Å². The maximum absolute atomic E-state index is 11.6. The van der Waals surface area contributed by atoms with Gasteiger partial charge in [-0.1, -0.05) is 11.6 Å². The van der Waals surface area contributed by atoms with Crippen molar-refractivity contribution in [1.82, 2.24) is 14.9 Å². The summed E-state index contributed by atoms with van der Waals surface area (Å²) in [6.45, 7) is 5.92. The number of halogens is 1. The minimum Gasteiger partial charge on any atom is -0.491 e. The van der Waals surface area contributed by atoms with Gasteiger partial charge < -0.3 is 19.4 Å². The van der Waals surface area contributed by atoms with Crippen molar-refractivity contribution in [2.75, 3.05) is 13.2 Å². The van der Waals surface area contributed by atoms with E-state index in [1.165, 1.54) is 18.5 Å². The summed E-state index contributed by atoms with van der Waals surface area (Å²) in [6.07, 6.45) is 3.04. The molecule has 10 heteroatoms. The van der Waals surface area contributed by atoms with Crippen LogP contribution in [-0.4, -0.2) is 39.3 Å². The number of aromatic nitrogens is 2. The number of carbonyl (C=O) groups excluding carboxylic acids is 1. The highest BCUT2D eigenvalue weighted by Gasteiger charge is 2.16. The zero-order valence-electron chi connectivity index (χ0n) is 15.3. The van der Waals surface area contributed by atoms with E-state index in [1.807, 2.05) is 0 Å². The molecule has 0 saturated heterocycles. The van der Waals surface area contributed by atoms with Gasteiger partial charge in [-0.3, -0.25) is 10.1 Å². The number of imidazole rings is 1. The molecule has 0 atom stereocenters. The molecule has 0 spiro atoms. The third kappa shape index (κ3) is 6.45. The molecule has 146 valence electrons. The lowest BCUT2D eigenvalue weighted by Crippen LogP contribution is -2.33. The summed E-state index contributed by atoms with van der Waals surface area (Å²) in [4.78, 5) is 26.0. The smallest absolute Gasteiger partial charge is 0.407 e. The Kier molecular flexibility index (Phi) is 6.62. The number of ether oxygens (including phenoxy) is 2. The predicted octanol–water partition coefficient (Wildman–Crippen LogP) is 3.73. The molecule has 2 rings (SSSR count). The first-order chi connectivity index (χ1) is 12.7. The van der Waals surface area contributed by atoms with Gasteiger partial charge in [0, 0.05) is 18.8 Å². The number of nitrogens with zero attached hydrogens (tertiary/aromatic N) is 3. The summed E-state index contributed by atoms with van der Waals surface area (Å²) >= 11 is 5.83. The second-order valence-electron chi connectivity index (χ2n) is 6.64. The fraction of sp³-hybridized carbons (Fsp3) is 0.412. The van der Waals surface area contributed by atoms with E-state index in [9.17, 15) is 14.9 Å². The highest BCUT2D eigenvalue weighted by atomic mass is 35.5. The van der Waals surface area contributed by atoms with Crippen LogP contribution in [0.25, 0.3) is 5.69 Å². The number of carbonyl (C=O) groups is 1. The number of nitro benzene ring substituents is 1. The quantitative estimate of drug-likeness (QED) is 0.434. The number of rotatable bonds is 7. The fourth-order valence-corrected chi connectivity index (χ4v) is 2.28. The number of nitrogens with one attached hydrogen (secondary N) is 1. The maximum atomic E-state index is 11.6. The number of hydrogen-bond donors (Lipinski definition) is 1. The highest BCUT2D eigenvalue weighted by Crippen LogP contribution is 2.28. The summed E-state index contributed by atoms with van der Waals surface area (Å²) in [6, 6.07) is 4.27. The van der Waals surface area contributed by atoms with Crippen LogP contribution in [-0.2, 0) is 4.74 Å². The Labute approximate surface area is 161 Å². The van der Waals surface area contributed by atoms with Gasteiger partial charge in [0.05, 0.1) is 23.3 Å². The van der Waals surface area contributed by atoms with Crippen LogP contribution in [0.4, 0.5) is 10.5 Å². The molecule has 1 amide bonds. The number of amides is 1. The third-order valence-corrected chi connectivity index (χ3v) is 3.43. The number of benzene rings is 1. The van der Waals surface area contributed by atoms with Gasteiger partial charge >= 0.3 is 6.09 Å². The molecule has 0 fully saturated rings. The van der Waals surface area contributed by atoms with Crippen LogP contribution in [0.15, 0.2) is 30.7 Å². The number of non-ortho nitro benzene ring substituents is 1. The van der Waals surface area contributed by atoms with Crippen LogP contribution in [0.3, 0.4) is 0 Å². The summed E-state index contributed by atoms with van der Waals surface area (Å²) in [5.41, 5.74) is -0.0863. The topological polar surface area (TPSA) is 109 Å². The molecule has 1 aromatic carbocycles. The Hall–Kier alpha value is -2.81. The van der Waals surface area contributed by atoms with E-state index in [4.69, 9.17) is 21.1 Å². The van der Waals surface area contributed by atoms with E-state index in [-0.39, 0.29) is 12.3 Å². The second-order valence-corrected chi connectivity index (χ2v) is 7.03. The third-order valence-electron chi connectivity index (χ3n) is 3.23. The number of alkyl carbamates (subject to hydrolysis) is 1. The highest BCUT2D eigenvalue weighted by molar-refractivity contribution is 6.29. The molecule has 1 aromatic heterocycles. The molecule has 9 nitrogen and oxygen atoms in total. The molecule has 2 aromatic rings. The van der Waals surface area contributed by atoms with Gasteiger partial charge in [0.1, 0.15) is 22.8 Å². The van der Waals surface area contributed by atoms with Crippen LogP contribution >= 0.6 is 11.6 Å². The van der Waals surface area contributed by atoms with Crippen LogP contribution in [0.5, 0.6) is 5.75 Å². The first-order valence-electron chi connectivity index (χ1n) is 8.23. The molecule has 0 saturated carbocycles. The summed E-state index contributed by atoms with van der Waals surface area (Å²) in [5.74, 6) is 0.315. The van der Waals surface area contributed by atoms with E-state index < -0.39 is 16.6 Å². The van der Waals surface area contributed by atoms with Gasteiger partial charge in [0.15, 0.2) is 0 Å². The molecular weight excluding hydrogens is 376 g/mol. The standard InChI is InChI=1S/C17H21ClN4O5/c1-17(2,3)27-16(23)19-7-4-8-26-14-9-12(22(24)25)5-6-13(14)21-10-15(18)20-11-21/h5-6,9-11H,4,7-8H2,1-3H3,(H,19,23). The lowest BCUT2D eigenvalue weighted by atomic mass is 10.2. The summed E-state index contributed by atoms with van der Waals surface area (Å²) in [7, 11) is 0. The van der Waals surface area contributed by atoms with Crippen molar-refractivity contribution in [3.05, 3.63) is 46.0 Å². The molecule has 0 unspecified atom stereocenters. The van der Waals surface area contributed by atoms with Gasteiger partial charge in [-0.15, -0.1) is 0 Å². The van der Waals surface area contributed by atoms with Crippen molar-refractivity contribution in [1.29, 1.82) is 0 Å². The minimum atomic E-state index is -0.565. The SMILES string of the molecule is CC(C)(C)OC(=O)NCCCOc1cc([N+](=O)[O-])ccc1-n1cnc(Cl)c1. The predicted molar refractivity (Wildman–Crippen MR) is 99.6 cm³/mol. The van der Waals surface area contributed by atoms with Crippen molar-refractivity contribution in [3.8, 4) is 11.4 Å².